The van der Waals surface area contributed by atoms with Gasteiger partial charge in [0, 0.05) is 5.39 Å². The lowest BCUT2D eigenvalue weighted by Gasteiger charge is -2.22. The summed E-state index contributed by atoms with van der Waals surface area (Å²) in [5, 5.41) is 4.56. The van der Waals surface area contributed by atoms with Crippen LogP contribution < -0.4 is 0 Å². The first kappa shape index (κ1) is 15.2. The molecule has 1 aliphatic heterocycles. The van der Waals surface area contributed by atoms with Crippen LogP contribution in [0.1, 0.15) is 11.1 Å². The van der Waals surface area contributed by atoms with Crippen LogP contribution in [-0.4, -0.2) is 16.3 Å². The Hall–Kier alpha value is -3.85. The molecule has 3 nitrogen and oxygen atoms in total. The standard InChI is InChI=1S/C25H16N2O/c1-27-22-13-11-16-6-2-3-7-17(16)18(22)12-14-23(27)21-9-4-8-19-20-10-5-15-26-25(20)28-24(19)21/h2-15H,1H2. The van der Waals surface area contributed by atoms with E-state index in [-0.39, 0.29) is 0 Å². The lowest BCUT2D eigenvalue weighted by atomic mass is 9.94. The SMILES string of the molecule is C=[N+]1c2ccc3ccccc3c2C=C[C-]1c1cccc2c1[o+][c-]1ncccc21. The fourth-order valence-corrected chi connectivity index (χ4v) is 4.15. The van der Waals surface area contributed by atoms with Gasteiger partial charge in [0.1, 0.15) is 0 Å². The molecule has 0 amide bonds. The highest BCUT2D eigenvalue weighted by molar-refractivity contribution is 6.05. The molecule has 3 aromatic carbocycles. The van der Waals surface area contributed by atoms with E-state index in [1.807, 2.05) is 16.7 Å². The van der Waals surface area contributed by atoms with Gasteiger partial charge >= 0.3 is 5.71 Å². The van der Waals surface area contributed by atoms with Crippen LogP contribution in [-0.2, 0) is 0 Å². The zero-order valence-electron chi connectivity index (χ0n) is 15.1. The summed E-state index contributed by atoms with van der Waals surface area (Å²) >= 11 is 0. The molecule has 3 heterocycles. The number of hydrogen-bond donors (Lipinski definition) is 0. The molecule has 1 aliphatic rings. The Kier molecular flexibility index (Phi) is 3.03. The number of furan rings is 1. The number of aromatic nitrogens is 1. The Labute approximate surface area is 161 Å². The van der Waals surface area contributed by atoms with Crippen molar-refractivity contribution >= 4 is 51.3 Å². The lowest BCUT2D eigenvalue weighted by molar-refractivity contribution is -0.400. The van der Waals surface area contributed by atoms with E-state index in [1.165, 1.54) is 16.3 Å². The predicted molar refractivity (Wildman–Crippen MR) is 114 cm³/mol. The molecule has 3 heteroatoms. The second-order valence-corrected chi connectivity index (χ2v) is 7.01. The number of para-hydroxylation sites is 1. The fraction of sp³-hybridized carbons (Fsp3) is 0. The Bertz CT molecular complexity index is 1440. The van der Waals surface area contributed by atoms with Crippen LogP contribution in [0, 0.1) is 6.04 Å². The molecule has 0 saturated heterocycles. The number of hydrogen-bond acceptors (Lipinski definition) is 1. The summed E-state index contributed by atoms with van der Waals surface area (Å²) < 4.78 is 8.12. The van der Waals surface area contributed by atoms with Crippen molar-refractivity contribution in [3.8, 4) is 0 Å². The van der Waals surface area contributed by atoms with E-state index >= 15 is 0 Å². The Morgan fingerprint density at radius 3 is 2.75 bits per heavy atom. The third-order valence-electron chi connectivity index (χ3n) is 5.49. The molecule has 5 aromatic rings. The minimum absolute atomic E-state index is 0.660. The number of pyridine rings is 1. The number of benzene rings is 3. The number of fused-ring (bicyclic) bond motifs is 6. The highest BCUT2D eigenvalue weighted by Crippen LogP contribution is 2.40. The molecule has 0 N–H and O–H groups in total. The first-order valence-corrected chi connectivity index (χ1v) is 9.25. The van der Waals surface area contributed by atoms with Crippen molar-refractivity contribution in [3.05, 3.63) is 96.2 Å². The fourth-order valence-electron chi connectivity index (χ4n) is 4.15. The maximum absolute atomic E-state index is 6.12. The van der Waals surface area contributed by atoms with E-state index in [2.05, 4.69) is 78.5 Å². The van der Waals surface area contributed by atoms with Crippen LogP contribution in [0.5, 0.6) is 0 Å². The third kappa shape index (κ3) is 2.01. The molecule has 0 radical (unpaired) electrons. The second kappa shape index (κ2) is 5.57. The minimum atomic E-state index is 0.660. The quantitative estimate of drug-likeness (QED) is 0.206. The number of rotatable bonds is 1. The van der Waals surface area contributed by atoms with Gasteiger partial charge < -0.3 is 0 Å². The maximum atomic E-state index is 6.12. The van der Waals surface area contributed by atoms with Crippen molar-refractivity contribution < 1.29 is 8.99 Å². The molecule has 0 aliphatic carbocycles. The molecule has 132 valence electrons. The summed E-state index contributed by atoms with van der Waals surface area (Å²) in [5.41, 5.74) is 4.79. The first-order chi connectivity index (χ1) is 13.8. The summed E-state index contributed by atoms with van der Waals surface area (Å²) in [6.07, 6.45) is 6.05. The van der Waals surface area contributed by atoms with Crippen molar-refractivity contribution in [1.82, 2.24) is 4.98 Å². The molecule has 0 atom stereocenters. The van der Waals surface area contributed by atoms with Crippen LogP contribution in [0.25, 0.3) is 38.9 Å². The van der Waals surface area contributed by atoms with E-state index in [0.29, 0.717) is 5.71 Å². The van der Waals surface area contributed by atoms with Gasteiger partial charge in [0.05, 0.1) is 12.3 Å². The molecule has 28 heavy (non-hydrogen) atoms. The van der Waals surface area contributed by atoms with E-state index < -0.39 is 0 Å². The molecule has 0 unspecified atom stereocenters. The normalized spacial score (nSPS) is 13.6. The molecule has 2 aromatic heterocycles. The van der Waals surface area contributed by atoms with Crippen molar-refractivity contribution in [3.63, 3.8) is 0 Å². The van der Waals surface area contributed by atoms with Gasteiger partial charge in [-0.2, -0.15) is 0 Å². The van der Waals surface area contributed by atoms with Crippen LogP contribution in [0.15, 0.2) is 83.4 Å². The van der Waals surface area contributed by atoms with Gasteiger partial charge in [-0.25, -0.2) is 9.56 Å². The third-order valence-corrected chi connectivity index (χ3v) is 5.49. The van der Waals surface area contributed by atoms with E-state index in [9.17, 15) is 0 Å². The zero-order valence-corrected chi connectivity index (χ0v) is 15.1. The molecular weight excluding hydrogens is 344 g/mol. The molecule has 0 spiro atoms. The van der Waals surface area contributed by atoms with Crippen molar-refractivity contribution in [2.45, 2.75) is 0 Å². The van der Waals surface area contributed by atoms with Gasteiger partial charge in [-0.1, -0.05) is 54.6 Å². The maximum Gasteiger partial charge on any atom is 0.377 e. The van der Waals surface area contributed by atoms with Gasteiger partial charge in [-0.05, 0) is 40.1 Å². The summed E-state index contributed by atoms with van der Waals surface area (Å²) in [6.45, 7) is 4.35. The van der Waals surface area contributed by atoms with Crippen LogP contribution in [0.4, 0.5) is 5.69 Å². The summed E-state index contributed by atoms with van der Waals surface area (Å²) in [7, 11) is 0. The van der Waals surface area contributed by atoms with Gasteiger partial charge in [0.25, 0.3) is 5.58 Å². The van der Waals surface area contributed by atoms with Crippen molar-refractivity contribution in [2.24, 2.45) is 0 Å². The monoisotopic (exact) mass is 360 g/mol. The Balaban J connectivity index is 1.57. The van der Waals surface area contributed by atoms with Gasteiger partial charge in [0.15, 0.2) is 11.7 Å². The lowest BCUT2D eigenvalue weighted by Crippen LogP contribution is -2.15. The minimum Gasteiger partial charge on any atom is -0.268 e. The van der Waals surface area contributed by atoms with E-state index in [0.717, 1.165) is 33.6 Å². The van der Waals surface area contributed by atoms with E-state index in [4.69, 9.17) is 4.42 Å². The van der Waals surface area contributed by atoms with Gasteiger partial charge in [0.2, 0.25) is 0 Å². The summed E-state index contributed by atoms with van der Waals surface area (Å²) in [6, 6.07) is 23.9. The largest absolute Gasteiger partial charge is 0.377 e. The van der Waals surface area contributed by atoms with Crippen molar-refractivity contribution in [1.29, 1.82) is 0 Å². The molecular formula is C25H16N2O. The molecule has 0 fully saturated rings. The van der Waals surface area contributed by atoms with E-state index in [1.54, 1.807) is 6.20 Å². The van der Waals surface area contributed by atoms with Gasteiger partial charge in [-0.3, -0.25) is 4.42 Å². The average Bonchev–Trinajstić information content (AvgIpc) is 3.13. The Morgan fingerprint density at radius 1 is 0.893 bits per heavy atom. The molecule has 0 saturated carbocycles. The topological polar surface area (TPSA) is 27.2 Å². The van der Waals surface area contributed by atoms with Crippen molar-refractivity contribution in [2.75, 3.05) is 0 Å². The zero-order chi connectivity index (χ0) is 18.7. The van der Waals surface area contributed by atoms with Crippen LogP contribution >= 0.6 is 0 Å². The number of nitrogens with zero attached hydrogens (tertiary/aromatic N) is 2. The van der Waals surface area contributed by atoms with Crippen LogP contribution in [0.2, 0.25) is 0 Å². The van der Waals surface area contributed by atoms with Gasteiger partial charge in [-0.15, -0.1) is 12.1 Å². The smallest absolute Gasteiger partial charge is 0.268 e. The average molecular weight is 360 g/mol. The first-order valence-electron chi connectivity index (χ1n) is 9.25. The molecule has 0 bridgehead atoms. The van der Waals surface area contributed by atoms with Crippen LogP contribution in [0.3, 0.4) is 0 Å². The highest BCUT2D eigenvalue weighted by atomic mass is 16.3. The summed E-state index contributed by atoms with van der Waals surface area (Å²) in [5.74, 6) is 0. The molecule has 6 rings (SSSR count). The highest BCUT2D eigenvalue weighted by Gasteiger charge is 2.28. The second-order valence-electron chi connectivity index (χ2n) is 7.01. The predicted octanol–water partition coefficient (Wildman–Crippen LogP) is 6.09. The Morgan fingerprint density at radius 2 is 1.79 bits per heavy atom. The summed E-state index contributed by atoms with van der Waals surface area (Å²) in [4.78, 5) is 4.37.